The Labute approximate surface area is 159 Å². The van der Waals surface area contributed by atoms with Gasteiger partial charge in [0.25, 0.3) is 5.91 Å². The van der Waals surface area contributed by atoms with E-state index in [-0.39, 0.29) is 24.5 Å². The molecule has 1 aliphatic heterocycles. The molecule has 3 amide bonds. The van der Waals surface area contributed by atoms with E-state index in [9.17, 15) is 9.59 Å². The Kier molecular flexibility index (Phi) is 5.44. The van der Waals surface area contributed by atoms with E-state index in [1.807, 2.05) is 24.1 Å². The van der Waals surface area contributed by atoms with Crippen molar-refractivity contribution in [2.45, 2.75) is 44.7 Å². The predicted molar refractivity (Wildman–Crippen MR) is 100 cm³/mol. The summed E-state index contributed by atoms with van der Waals surface area (Å²) in [4.78, 5) is 28.8. The average Bonchev–Trinajstić information content (AvgIpc) is 2.83. The number of halogens is 1. The molecule has 142 valence electrons. The number of carbonyl (C=O) groups is 2. The number of carbonyl (C=O) groups excluding carboxylic acids is 2. The van der Waals surface area contributed by atoms with Gasteiger partial charge in [-0.25, -0.2) is 9.69 Å². The van der Waals surface area contributed by atoms with E-state index in [4.69, 9.17) is 16.3 Å². The molecule has 2 aliphatic rings. The Balaban J connectivity index is 1.71. The van der Waals surface area contributed by atoms with Gasteiger partial charge >= 0.3 is 6.03 Å². The maximum Gasteiger partial charge on any atom is 0.326 e. The highest BCUT2D eigenvalue weighted by Crippen LogP contribution is 2.38. The number of urea groups is 1. The Morgan fingerprint density at radius 3 is 2.85 bits per heavy atom. The van der Waals surface area contributed by atoms with Gasteiger partial charge in [0.05, 0.1) is 13.8 Å². The Bertz CT molecular complexity index is 711. The number of nitrogens with zero attached hydrogens (tertiary/aromatic N) is 2. The first-order chi connectivity index (χ1) is 12.4. The van der Waals surface area contributed by atoms with E-state index < -0.39 is 5.54 Å². The zero-order valence-corrected chi connectivity index (χ0v) is 16.3. The molecule has 1 aromatic rings. The van der Waals surface area contributed by atoms with Crippen LogP contribution in [0.4, 0.5) is 4.79 Å². The number of benzene rings is 1. The molecule has 0 aromatic heterocycles. The first-order valence-electron chi connectivity index (χ1n) is 9.02. The Morgan fingerprint density at radius 2 is 2.15 bits per heavy atom. The number of nitrogens with one attached hydrogen (secondary N) is 1. The predicted octanol–water partition coefficient (Wildman–Crippen LogP) is 3.24. The van der Waals surface area contributed by atoms with E-state index in [0.29, 0.717) is 11.6 Å². The van der Waals surface area contributed by atoms with Crippen LogP contribution in [-0.2, 0) is 11.3 Å². The third-order valence-corrected chi connectivity index (χ3v) is 5.80. The van der Waals surface area contributed by atoms with Crippen LogP contribution in [0.5, 0.6) is 5.75 Å². The van der Waals surface area contributed by atoms with Crippen molar-refractivity contribution in [2.75, 3.05) is 20.8 Å². The monoisotopic (exact) mass is 379 g/mol. The molecule has 1 saturated carbocycles. The summed E-state index contributed by atoms with van der Waals surface area (Å²) in [5, 5.41) is 3.61. The quantitative estimate of drug-likeness (QED) is 0.798. The standard InChI is InChI=1S/C19H26ClN3O3/c1-13-6-4-5-9-19(13)17(24)23(18(25)21-19)12-22(2)11-14-10-15(20)7-8-16(14)26-3/h7-8,10,13H,4-6,9,11-12H2,1-3H3,(H,21,25)/t13-,19-/m1/s1. The minimum Gasteiger partial charge on any atom is -0.496 e. The maximum absolute atomic E-state index is 13.0. The van der Waals surface area contributed by atoms with Crippen LogP contribution < -0.4 is 10.1 Å². The van der Waals surface area contributed by atoms with Gasteiger partial charge in [0.1, 0.15) is 11.3 Å². The van der Waals surface area contributed by atoms with Crippen LogP contribution in [0.15, 0.2) is 18.2 Å². The molecule has 26 heavy (non-hydrogen) atoms. The lowest BCUT2D eigenvalue weighted by atomic mass is 9.73. The van der Waals surface area contributed by atoms with Gasteiger partial charge in [0.2, 0.25) is 0 Å². The number of amides is 3. The summed E-state index contributed by atoms with van der Waals surface area (Å²) < 4.78 is 5.37. The summed E-state index contributed by atoms with van der Waals surface area (Å²) in [6.45, 7) is 2.81. The molecule has 1 saturated heterocycles. The third-order valence-electron chi connectivity index (χ3n) is 5.57. The molecular weight excluding hydrogens is 354 g/mol. The second kappa shape index (κ2) is 7.45. The summed E-state index contributed by atoms with van der Waals surface area (Å²) in [5.74, 6) is 0.798. The number of imide groups is 1. The zero-order chi connectivity index (χ0) is 18.9. The molecule has 1 N–H and O–H groups in total. The lowest BCUT2D eigenvalue weighted by Crippen LogP contribution is -2.54. The van der Waals surface area contributed by atoms with E-state index >= 15 is 0 Å². The number of rotatable bonds is 5. The van der Waals surface area contributed by atoms with E-state index in [2.05, 4.69) is 12.2 Å². The summed E-state index contributed by atoms with van der Waals surface area (Å²) in [6.07, 6.45) is 3.77. The maximum atomic E-state index is 13.0. The van der Waals surface area contributed by atoms with E-state index in [1.165, 1.54) is 4.90 Å². The van der Waals surface area contributed by atoms with Crippen LogP contribution in [0.2, 0.25) is 5.02 Å². The molecule has 0 bridgehead atoms. The molecule has 2 fully saturated rings. The molecule has 1 spiro atoms. The summed E-state index contributed by atoms with van der Waals surface area (Å²) in [6, 6.07) is 5.13. The summed E-state index contributed by atoms with van der Waals surface area (Å²) in [7, 11) is 3.48. The summed E-state index contributed by atoms with van der Waals surface area (Å²) >= 11 is 6.08. The highest BCUT2D eigenvalue weighted by Gasteiger charge is 2.54. The van der Waals surface area contributed by atoms with Crippen molar-refractivity contribution in [1.82, 2.24) is 15.1 Å². The van der Waals surface area contributed by atoms with Crippen molar-refractivity contribution in [2.24, 2.45) is 5.92 Å². The summed E-state index contributed by atoms with van der Waals surface area (Å²) in [5.41, 5.74) is 0.194. The first kappa shape index (κ1) is 19.0. The van der Waals surface area contributed by atoms with Crippen LogP contribution in [0, 0.1) is 5.92 Å². The molecule has 7 heteroatoms. The van der Waals surface area contributed by atoms with E-state index in [1.54, 1.807) is 13.2 Å². The minimum absolute atomic E-state index is 0.0976. The van der Waals surface area contributed by atoms with Crippen LogP contribution in [-0.4, -0.2) is 48.1 Å². The van der Waals surface area contributed by atoms with Crippen molar-refractivity contribution in [3.05, 3.63) is 28.8 Å². The van der Waals surface area contributed by atoms with Gasteiger partial charge in [-0.2, -0.15) is 0 Å². The van der Waals surface area contributed by atoms with Gasteiger partial charge in [-0.1, -0.05) is 31.4 Å². The van der Waals surface area contributed by atoms with Crippen molar-refractivity contribution in [3.8, 4) is 5.75 Å². The smallest absolute Gasteiger partial charge is 0.326 e. The Morgan fingerprint density at radius 1 is 1.38 bits per heavy atom. The lowest BCUT2D eigenvalue weighted by Gasteiger charge is -2.37. The van der Waals surface area contributed by atoms with Gasteiger partial charge < -0.3 is 10.1 Å². The second-order valence-electron chi connectivity index (χ2n) is 7.39. The first-order valence-corrected chi connectivity index (χ1v) is 9.40. The number of ether oxygens (including phenoxy) is 1. The van der Waals surface area contributed by atoms with Gasteiger partial charge in [-0.3, -0.25) is 9.69 Å². The lowest BCUT2D eigenvalue weighted by molar-refractivity contribution is -0.135. The van der Waals surface area contributed by atoms with Crippen molar-refractivity contribution in [3.63, 3.8) is 0 Å². The zero-order valence-electron chi connectivity index (χ0n) is 15.5. The highest BCUT2D eigenvalue weighted by atomic mass is 35.5. The molecule has 1 heterocycles. The third kappa shape index (κ3) is 3.40. The van der Waals surface area contributed by atoms with E-state index in [0.717, 1.165) is 37.0 Å². The fraction of sp³-hybridized carbons (Fsp3) is 0.579. The topological polar surface area (TPSA) is 61.9 Å². The molecule has 0 radical (unpaired) electrons. The number of methoxy groups -OCH3 is 1. The fourth-order valence-corrected chi connectivity index (χ4v) is 4.27. The SMILES string of the molecule is COc1ccc(Cl)cc1CN(C)CN1C(=O)N[C@@]2(CCCC[C@H]2C)C1=O. The molecular formula is C19H26ClN3O3. The van der Waals surface area contributed by atoms with Gasteiger partial charge in [0, 0.05) is 17.1 Å². The number of hydrogen-bond acceptors (Lipinski definition) is 4. The van der Waals surface area contributed by atoms with Gasteiger partial charge in [-0.05, 0) is 44.0 Å². The van der Waals surface area contributed by atoms with Gasteiger partial charge in [-0.15, -0.1) is 0 Å². The van der Waals surface area contributed by atoms with Crippen LogP contribution in [0.3, 0.4) is 0 Å². The number of hydrogen-bond donors (Lipinski definition) is 1. The fourth-order valence-electron chi connectivity index (χ4n) is 4.08. The molecule has 1 aromatic carbocycles. The van der Waals surface area contributed by atoms with Crippen molar-refractivity contribution >= 4 is 23.5 Å². The normalized spacial score (nSPS) is 25.9. The molecule has 3 rings (SSSR count). The van der Waals surface area contributed by atoms with Crippen LogP contribution >= 0.6 is 11.6 Å². The van der Waals surface area contributed by atoms with Crippen molar-refractivity contribution in [1.29, 1.82) is 0 Å². The Hall–Kier alpha value is -1.79. The molecule has 6 nitrogen and oxygen atoms in total. The second-order valence-corrected chi connectivity index (χ2v) is 7.83. The van der Waals surface area contributed by atoms with Crippen molar-refractivity contribution < 1.29 is 14.3 Å². The molecule has 0 unspecified atom stereocenters. The van der Waals surface area contributed by atoms with Crippen LogP contribution in [0.1, 0.15) is 38.2 Å². The highest BCUT2D eigenvalue weighted by molar-refractivity contribution is 6.30. The minimum atomic E-state index is -0.718. The van der Waals surface area contributed by atoms with Crippen LogP contribution in [0.25, 0.3) is 0 Å². The average molecular weight is 380 g/mol. The largest absolute Gasteiger partial charge is 0.496 e. The molecule has 1 aliphatic carbocycles. The molecule has 2 atom stereocenters. The van der Waals surface area contributed by atoms with Gasteiger partial charge in [0.15, 0.2) is 0 Å².